The van der Waals surface area contributed by atoms with Crippen molar-refractivity contribution in [3.05, 3.63) is 0 Å². The summed E-state index contributed by atoms with van der Waals surface area (Å²) in [6, 6.07) is 0. The van der Waals surface area contributed by atoms with Gasteiger partial charge in [0.15, 0.2) is 0 Å². The van der Waals surface area contributed by atoms with E-state index in [1.807, 2.05) is 0 Å². The Balaban J connectivity index is 3.88. The fourth-order valence-corrected chi connectivity index (χ4v) is 0.992. The van der Waals surface area contributed by atoms with Crippen molar-refractivity contribution >= 4 is 13.5 Å². The molecule has 0 fully saturated rings. The van der Waals surface area contributed by atoms with E-state index in [9.17, 15) is 13.6 Å². The third kappa shape index (κ3) is 4.30. The Kier molecular flexibility index (Phi) is 3.01. The second-order valence-electron chi connectivity index (χ2n) is 1.63. The highest BCUT2D eigenvalue weighted by Crippen LogP contribution is 2.47. The van der Waals surface area contributed by atoms with Crippen molar-refractivity contribution in [1.82, 2.24) is 0 Å². The summed E-state index contributed by atoms with van der Waals surface area (Å²) < 4.78 is 26.4. The maximum Gasteiger partial charge on any atom is 0.374 e. The Morgan fingerprint density at radius 3 is 2.33 bits per heavy atom. The molecule has 1 atom stereocenters. The van der Waals surface area contributed by atoms with Gasteiger partial charge in [-0.3, -0.25) is 9.36 Å². The zero-order valence-electron chi connectivity index (χ0n) is 5.26. The van der Waals surface area contributed by atoms with Gasteiger partial charge in [-0.05, 0) is 6.92 Å². The summed E-state index contributed by atoms with van der Waals surface area (Å²) in [6.45, 7) is 1.16. The van der Waals surface area contributed by atoms with Crippen LogP contribution in [-0.2, 0) is 13.9 Å². The molecule has 0 N–H and O–H groups in total. The summed E-state index contributed by atoms with van der Waals surface area (Å²) in [6.07, 6.45) is -0.622. The average molecular weight is 154 g/mol. The lowest BCUT2D eigenvalue weighted by Gasteiger charge is -2.00. The Bertz CT molecular complexity index is 156. The van der Waals surface area contributed by atoms with Gasteiger partial charge in [-0.2, -0.15) is 4.20 Å². The van der Waals surface area contributed by atoms with Crippen LogP contribution in [0, 0.1) is 0 Å². The number of Topliss-reactive ketones (excluding diaryl/α,β-unsaturated/α-hetero) is 1. The highest BCUT2D eigenvalue weighted by Gasteiger charge is 2.21. The molecule has 0 radical (unpaired) electrons. The van der Waals surface area contributed by atoms with Gasteiger partial charge in [0.1, 0.15) is 11.9 Å². The maximum atomic E-state index is 12.2. The molecule has 3 nitrogen and oxygen atoms in total. The highest BCUT2D eigenvalue weighted by atomic mass is 31.2. The van der Waals surface area contributed by atoms with Crippen LogP contribution in [0.15, 0.2) is 0 Å². The van der Waals surface area contributed by atoms with Crippen molar-refractivity contribution in [2.45, 2.75) is 6.92 Å². The lowest BCUT2D eigenvalue weighted by atomic mass is 10.5. The first kappa shape index (κ1) is 8.79. The van der Waals surface area contributed by atoms with Gasteiger partial charge in [0.25, 0.3) is 0 Å². The average Bonchev–Trinajstić information content (AvgIpc) is 1.63. The predicted octanol–water partition coefficient (Wildman–Crippen LogP) is 1.38. The summed E-state index contributed by atoms with van der Waals surface area (Å²) in [4.78, 5) is 10.1. The highest BCUT2D eigenvalue weighted by molar-refractivity contribution is 7.54. The molecule has 0 rings (SSSR count). The quantitative estimate of drug-likeness (QED) is 0.577. The normalized spacial score (nSPS) is 16.8. The predicted molar refractivity (Wildman–Crippen MR) is 31.3 cm³/mol. The van der Waals surface area contributed by atoms with Gasteiger partial charge in [-0.15, -0.1) is 0 Å². The molecule has 0 aromatic rings. The van der Waals surface area contributed by atoms with E-state index in [1.165, 1.54) is 0 Å². The van der Waals surface area contributed by atoms with Crippen LogP contribution in [0.3, 0.4) is 0 Å². The second kappa shape index (κ2) is 3.08. The third-order valence-electron chi connectivity index (χ3n) is 0.684. The van der Waals surface area contributed by atoms with E-state index in [-0.39, 0.29) is 0 Å². The largest absolute Gasteiger partial charge is 0.374 e. The maximum absolute atomic E-state index is 12.2. The van der Waals surface area contributed by atoms with E-state index in [0.717, 1.165) is 14.0 Å². The van der Waals surface area contributed by atoms with E-state index < -0.39 is 19.6 Å². The fourth-order valence-electron chi connectivity index (χ4n) is 0.331. The Morgan fingerprint density at radius 1 is 1.78 bits per heavy atom. The lowest BCUT2D eigenvalue weighted by molar-refractivity contribution is -0.114. The fraction of sp³-hybridized carbons (Fsp3) is 0.750. The molecule has 0 spiro atoms. The van der Waals surface area contributed by atoms with Gasteiger partial charge < -0.3 is 4.52 Å². The van der Waals surface area contributed by atoms with Crippen molar-refractivity contribution in [2.75, 3.05) is 13.3 Å². The van der Waals surface area contributed by atoms with Crippen LogP contribution in [0.25, 0.3) is 0 Å². The van der Waals surface area contributed by atoms with Crippen molar-refractivity contribution in [2.24, 2.45) is 0 Å². The molecule has 0 amide bonds. The first-order chi connectivity index (χ1) is 3.98. The minimum atomic E-state index is -4.08. The SMILES string of the molecule is COP(=O)(F)CC(C)=O. The third-order valence-corrected chi connectivity index (χ3v) is 2.05. The first-order valence-electron chi connectivity index (χ1n) is 2.32. The first-order valence-corrected chi connectivity index (χ1v) is 4.02. The molecular weight excluding hydrogens is 146 g/mol. The molecule has 5 heteroatoms. The summed E-state index contributed by atoms with van der Waals surface area (Å²) in [5, 5.41) is 0. The number of carbonyl (C=O) groups excluding carboxylic acids is 1. The number of carbonyl (C=O) groups is 1. The molecule has 0 aromatic heterocycles. The van der Waals surface area contributed by atoms with Crippen LogP contribution in [0.2, 0.25) is 0 Å². The summed E-state index contributed by atoms with van der Waals surface area (Å²) in [5.41, 5.74) is 0. The number of hydrogen-bond acceptors (Lipinski definition) is 3. The van der Waals surface area contributed by atoms with Crippen LogP contribution >= 0.6 is 7.68 Å². The molecule has 9 heavy (non-hydrogen) atoms. The van der Waals surface area contributed by atoms with Gasteiger partial charge in [0.05, 0.1) is 0 Å². The lowest BCUT2D eigenvalue weighted by Crippen LogP contribution is -1.97. The minimum Gasteiger partial charge on any atom is -0.309 e. The monoisotopic (exact) mass is 154 g/mol. The zero-order valence-corrected chi connectivity index (χ0v) is 6.15. The van der Waals surface area contributed by atoms with E-state index in [1.54, 1.807) is 0 Å². The van der Waals surface area contributed by atoms with Gasteiger partial charge in [-0.1, -0.05) is 0 Å². The number of hydrogen-bond donors (Lipinski definition) is 0. The van der Waals surface area contributed by atoms with Crippen LogP contribution in [0.5, 0.6) is 0 Å². The standard InChI is InChI=1S/C4H8FO3P/c1-4(6)3-9(5,7)8-2/h3H2,1-2H3. The van der Waals surface area contributed by atoms with E-state index in [0.29, 0.717) is 0 Å². The van der Waals surface area contributed by atoms with E-state index in [4.69, 9.17) is 0 Å². The van der Waals surface area contributed by atoms with Crippen molar-refractivity contribution < 1.29 is 18.1 Å². The van der Waals surface area contributed by atoms with Crippen molar-refractivity contribution in [3.63, 3.8) is 0 Å². The van der Waals surface area contributed by atoms with Crippen LogP contribution in [0.1, 0.15) is 6.92 Å². The molecule has 0 aliphatic heterocycles. The van der Waals surface area contributed by atoms with Crippen LogP contribution in [0.4, 0.5) is 4.20 Å². The van der Waals surface area contributed by atoms with Crippen LogP contribution in [-0.4, -0.2) is 19.1 Å². The molecule has 0 bridgehead atoms. The van der Waals surface area contributed by atoms with Gasteiger partial charge in [0, 0.05) is 7.11 Å². The number of halogens is 1. The number of ketones is 1. The molecule has 54 valence electrons. The van der Waals surface area contributed by atoms with Gasteiger partial charge in [-0.25, -0.2) is 0 Å². The van der Waals surface area contributed by atoms with Crippen molar-refractivity contribution in [3.8, 4) is 0 Å². The van der Waals surface area contributed by atoms with Gasteiger partial charge in [0.2, 0.25) is 0 Å². The zero-order chi connectivity index (χ0) is 7.49. The molecule has 0 aliphatic rings. The molecule has 1 unspecified atom stereocenters. The van der Waals surface area contributed by atoms with E-state index >= 15 is 0 Å². The molecular formula is C4H8FO3P. The van der Waals surface area contributed by atoms with E-state index in [2.05, 4.69) is 4.52 Å². The summed E-state index contributed by atoms with van der Waals surface area (Å²) in [5.74, 6) is -0.470. The smallest absolute Gasteiger partial charge is 0.309 e. The molecule has 0 saturated carbocycles. The topological polar surface area (TPSA) is 43.4 Å². The van der Waals surface area contributed by atoms with Gasteiger partial charge >= 0.3 is 7.68 Å². The number of rotatable bonds is 3. The Hall–Kier alpha value is -0.210. The summed E-state index contributed by atoms with van der Waals surface area (Å²) >= 11 is 0. The minimum absolute atomic E-state index is 0.470. The van der Waals surface area contributed by atoms with Crippen LogP contribution < -0.4 is 0 Å². The van der Waals surface area contributed by atoms with Crippen molar-refractivity contribution in [1.29, 1.82) is 0 Å². The Labute approximate surface area is 52.8 Å². The Morgan fingerprint density at radius 2 is 2.22 bits per heavy atom. The molecule has 0 saturated heterocycles. The molecule has 0 aromatic carbocycles. The molecule has 0 heterocycles. The second-order valence-corrected chi connectivity index (χ2v) is 3.49. The summed E-state index contributed by atoms with van der Waals surface area (Å²) in [7, 11) is -3.10. The molecule has 0 aliphatic carbocycles.